The Kier molecular flexibility index (Phi) is 5.71. The van der Waals surface area contributed by atoms with E-state index >= 15 is 0 Å². The van der Waals surface area contributed by atoms with Crippen LogP contribution in [0.4, 0.5) is 0 Å². The van der Waals surface area contributed by atoms with Crippen LogP contribution in [0.1, 0.15) is 24.2 Å². The molecule has 2 aromatic carbocycles. The van der Waals surface area contributed by atoms with Crippen molar-refractivity contribution in [3.8, 4) is 11.1 Å². The Hall–Kier alpha value is -2.51. The van der Waals surface area contributed by atoms with Crippen LogP contribution in [0.15, 0.2) is 53.4 Å². The van der Waals surface area contributed by atoms with Gasteiger partial charge in [0.15, 0.2) is 0 Å². The summed E-state index contributed by atoms with van der Waals surface area (Å²) in [6, 6.07) is 11.8. The number of aldehydes is 1. The van der Waals surface area contributed by atoms with Crippen LogP contribution < -0.4 is 4.72 Å². The van der Waals surface area contributed by atoms with Crippen molar-refractivity contribution in [2.45, 2.75) is 24.8 Å². The summed E-state index contributed by atoms with van der Waals surface area (Å²) in [5, 5.41) is 9.14. The molecule has 132 valence electrons. The number of carboxylic acid groups (broad SMARTS) is 1. The Morgan fingerprint density at radius 3 is 1.88 bits per heavy atom. The predicted molar refractivity (Wildman–Crippen MR) is 93.8 cm³/mol. The largest absolute Gasteiger partial charge is 0.480 e. The first kappa shape index (κ1) is 18.8. The Bertz CT molecular complexity index is 855. The van der Waals surface area contributed by atoms with Gasteiger partial charge in [-0.15, -0.1) is 0 Å². The van der Waals surface area contributed by atoms with E-state index in [2.05, 4.69) is 4.72 Å². The second-order valence-electron chi connectivity index (χ2n) is 5.95. The smallest absolute Gasteiger partial charge is 0.322 e. The molecule has 1 atom stereocenters. The molecule has 0 radical (unpaired) electrons. The number of sulfonamides is 1. The van der Waals surface area contributed by atoms with E-state index in [9.17, 15) is 18.0 Å². The number of aliphatic carboxylic acids is 1. The molecule has 0 heterocycles. The first-order chi connectivity index (χ1) is 11.7. The highest BCUT2D eigenvalue weighted by Gasteiger charge is 2.27. The van der Waals surface area contributed by atoms with Crippen LogP contribution in [0.25, 0.3) is 11.1 Å². The van der Waals surface area contributed by atoms with E-state index in [4.69, 9.17) is 5.11 Å². The fourth-order valence-corrected chi connectivity index (χ4v) is 3.63. The summed E-state index contributed by atoms with van der Waals surface area (Å²) in [5.74, 6) is -1.60. The van der Waals surface area contributed by atoms with Crippen molar-refractivity contribution >= 4 is 22.3 Å². The van der Waals surface area contributed by atoms with Crippen LogP contribution in [0.3, 0.4) is 0 Å². The van der Waals surface area contributed by atoms with Gasteiger partial charge in [0, 0.05) is 5.56 Å². The standard InChI is InChI=1S/C18H19NO5S/c1-12(2)17(18(21)22)19-25(23,24)16-9-7-15(8-10-16)14-5-3-13(11-20)4-6-14/h3-12,17,19H,1-2H3,(H,21,22). The van der Waals surface area contributed by atoms with Gasteiger partial charge in [0.1, 0.15) is 12.3 Å². The molecule has 7 heteroatoms. The molecule has 0 saturated carbocycles. The molecule has 2 rings (SSSR count). The minimum Gasteiger partial charge on any atom is -0.480 e. The molecule has 0 bridgehead atoms. The lowest BCUT2D eigenvalue weighted by Crippen LogP contribution is -2.44. The van der Waals surface area contributed by atoms with Crippen LogP contribution in [-0.2, 0) is 14.8 Å². The lowest BCUT2D eigenvalue weighted by Gasteiger charge is -2.18. The lowest BCUT2D eigenvalue weighted by molar-refractivity contribution is -0.140. The Morgan fingerprint density at radius 2 is 1.48 bits per heavy atom. The molecule has 2 aromatic rings. The zero-order valence-electron chi connectivity index (χ0n) is 13.8. The number of carboxylic acids is 1. The van der Waals surface area contributed by atoms with E-state index in [-0.39, 0.29) is 10.8 Å². The fraction of sp³-hybridized carbons (Fsp3) is 0.222. The molecule has 2 N–H and O–H groups in total. The summed E-state index contributed by atoms with van der Waals surface area (Å²) >= 11 is 0. The molecular formula is C18H19NO5S. The maximum atomic E-state index is 12.4. The van der Waals surface area contributed by atoms with E-state index in [1.807, 2.05) is 0 Å². The van der Waals surface area contributed by atoms with Crippen LogP contribution in [0.5, 0.6) is 0 Å². The van der Waals surface area contributed by atoms with Crippen molar-refractivity contribution in [1.29, 1.82) is 0 Å². The third-order valence-corrected chi connectivity index (χ3v) is 5.22. The summed E-state index contributed by atoms with van der Waals surface area (Å²) < 4.78 is 27.0. The Labute approximate surface area is 146 Å². The number of carbonyl (C=O) groups excluding carboxylic acids is 1. The average molecular weight is 361 g/mol. The monoisotopic (exact) mass is 361 g/mol. The molecule has 0 amide bonds. The molecule has 6 nitrogen and oxygen atoms in total. The number of rotatable bonds is 7. The summed E-state index contributed by atoms with van der Waals surface area (Å²) in [5.41, 5.74) is 2.18. The van der Waals surface area contributed by atoms with Gasteiger partial charge in [0.05, 0.1) is 4.90 Å². The first-order valence-corrected chi connectivity index (χ1v) is 9.13. The summed E-state index contributed by atoms with van der Waals surface area (Å²) in [6.45, 7) is 3.26. The quantitative estimate of drug-likeness (QED) is 0.738. The minimum absolute atomic E-state index is 0.00679. The van der Waals surface area contributed by atoms with Gasteiger partial charge in [-0.25, -0.2) is 8.42 Å². The van der Waals surface area contributed by atoms with E-state index in [0.717, 1.165) is 17.4 Å². The third-order valence-electron chi connectivity index (χ3n) is 3.76. The van der Waals surface area contributed by atoms with Gasteiger partial charge in [0.25, 0.3) is 0 Å². The lowest BCUT2D eigenvalue weighted by atomic mass is 10.0. The molecule has 0 fully saturated rings. The Balaban J connectivity index is 2.25. The van der Waals surface area contributed by atoms with Crippen molar-refractivity contribution in [1.82, 2.24) is 4.72 Å². The molecular weight excluding hydrogens is 342 g/mol. The maximum Gasteiger partial charge on any atom is 0.322 e. The number of hydrogen-bond acceptors (Lipinski definition) is 4. The van der Waals surface area contributed by atoms with Gasteiger partial charge in [-0.2, -0.15) is 4.72 Å². The van der Waals surface area contributed by atoms with Crippen molar-refractivity contribution in [3.05, 3.63) is 54.1 Å². The molecule has 1 unspecified atom stereocenters. The average Bonchev–Trinajstić information content (AvgIpc) is 2.59. The second-order valence-corrected chi connectivity index (χ2v) is 7.66. The van der Waals surface area contributed by atoms with Crippen LogP contribution in [-0.4, -0.2) is 31.8 Å². The molecule has 0 aliphatic carbocycles. The number of benzene rings is 2. The first-order valence-electron chi connectivity index (χ1n) is 7.65. The van der Waals surface area contributed by atoms with Crippen LogP contribution in [0, 0.1) is 5.92 Å². The van der Waals surface area contributed by atoms with Crippen LogP contribution >= 0.6 is 0 Å². The highest BCUT2D eigenvalue weighted by atomic mass is 32.2. The molecule has 0 aromatic heterocycles. The molecule has 0 saturated heterocycles. The topological polar surface area (TPSA) is 101 Å². The van der Waals surface area contributed by atoms with Crippen molar-refractivity contribution in [2.24, 2.45) is 5.92 Å². The number of hydrogen-bond donors (Lipinski definition) is 2. The van der Waals surface area contributed by atoms with Gasteiger partial charge in [-0.05, 0) is 29.2 Å². The van der Waals surface area contributed by atoms with Crippen molar-refractivity contribution in [3.63, 3.8) is 0 Å². The second kappa shape index (κ2) is 7.58. The van der Waals surface area contributed by atoms with E-state index in [1.165, 1.54) is 12.1 Å². The van der Waals surface area contributed by atoms with Gasteiger partial charge in [0.2, 0.25) is 10.0 Å². The zero-order chi connectivity index (χ0) is 18.6. The van der Waals surface area contributed by atoms with Crippen LogP contribution in [0.2, 0.25) is 0 Å². The van der Waals surface area contributed by atoms with Crippen molar-refractivity contribution in [2.75, 3.05) is 0 Å². The molecule has 0 aliphatic rings. The molecule has 25 heavy (non-hydrogen) atoms. The zero-order valence-corrected chi connectivity index (χ0v) is 14.7. The minimum atomic E-state index is -3.94. The highest BCUT2D eigenvalue weighted by molar-refractivity contribution is 7.89. The molecule has 0 aliphatic heterocycles. The summed E-state index contributed by atoms with van der Waals surface area (Å²) in [6.07, 6.45) is 0.749. The van der Waals surface area contributed by atoms with E-state index in [0.29, 0.717) is 5.56 Å². The normalized spacial score (nSPS) is 12.8. The maximum absolute atomic E-state index is 12.4. The highest BCUT2D eigenvalue weighted by Crippen LogP contribution is 2.22. The molecule has 0 spiro atoms. The fourth-order valence-electron chi connectivity index (χ4n) is 2.29. The van der Waals surface area contributed by atoms with Gasteiger partial charge >= 0.3 is 5.97 Å². The van der Waals surface area contributed by atoms with Gasteiger partial charge < -0.3 is 5.11 Å². The summed E-state index contributed by atoms with van der Waals surface area (Å²) in [7, 11) is -3.94. The number of nitrogens with one attached hydrogen (secondary N) is 1. The predicted octanol–water partition coefficient (Wildman–Crippen LogP) is 2.55. The third kappa shape index (κ3) is 4.52. The Morgan fingerprint density at radius 1 is 1.00 bits per heavy atom. The SMILES string of the molecule is CC(C)C(NS(=O)(=O)c1ccc(-c2ccc(C=O)cc2)cc1)C(=O)O. The van der Waals surface area contributed by atoms with Gasteiger partial charge in [-0.1, -0.05) is 50.2 Å². The van der Waals surface area contributed by atoms with Gasteiger partial charge in [-0.3, -0.25) is 9.59 Å². The van der Waals surface area contributed by atoms with E-state index in [1.54, 1.807) is 50.2 Å². The number of carbonyl (C=O) groups is 2. The van der Waals surface area contributed by atoms with Crippen molar-refractivity contribution < 1.29 is 23.1 Å². The van der Waals surface area contributed by atoms with E-state index < -0.39 is 22.0 Å². The summed E-state index contributed by atoms with van der Waals surface area (Å²) in [4.78, 5) is 21.9.